The number of rotatable bonds is 1. The predicted octanol–water partition coefficient (Wildman–Crippen LogP) is 1.54. The largest absolute Gasteiger partial charge is 0.328 e. The minimum Gasteiger partial charge on any atom is -0.294 e. The molecular formula is C11H9BrN4O2. The lowest BCUT2D eigenvalue weighted by atomic mass is 10.2. The van der Waals surface area contributed by atoms with Gasteiger partial charge in [0, 0.05) is 24.8 Å². The van der Waals surface area contributed by atoms with Crippen molar-refractivity contribution in [3.8, 4) is 0 Å². The number of carbonyl (C=O) groups is 2. The van der Waals surface area contributed by atoms with Crippen LogP contribution in [0.1, 0.15) is 6.42 Å². The summed E-state index contributed by atoms with van der Waals surface area (Å²) < 4.78 is 2.57. The maximum Gasteiger partial charge on any atom is 0.328 e. The van der Waals surface area contributed by atoms with Crippen molar-refractivity contribution in [2.24, 2.45) is 0 Å². The van der Waals surface area contributed by atoms with Crippen LogP contribution in [0.5, 0.6) is 0 Å². The molecule has 6 nitrogen and oxygen atoms in total. The van der Waals surface area contributed by atoms with Gasteiger partial charge in [-0.3, -0.25) is 19.4 Å². The van der Waals surface area contributed by atoms with Gasteiger partial charge < -0.3 is 0 Å². The van der Waals surface area contributed by atoms with E-state index in [-0.39, 0.29) is 11.9 Å². The Bertz CT molecular complexity index is 652. The van der Waals surface area contributed by atoms with Gasteiger partial charge in [-0.1, -0.05) is 0 Å². The lowest BCUT2D eigenvalue weighted by Gasteiger charge is -2.26. The van der Waals surface area contributed by atoms with Gasteiger partial charge >= 0.3 is 6.03 Å². The van der Waals surface area contributed by atoms with Gasteiger partial charge in [0.2, 0.25) is 5.91 Å². The number of nitrogens with one attached hydrogen (secondary N) is 1. The Kier molecular flexibility index (Phi) is 2.55. The van der Waals surface area contributed by atoms with E-state index in [1.807, 2.05) is 22.7 Å². The first-order valence-corrected chi connectivity index (χ1v) is 6.18. The molecule has 7 heteroatoms. The highest BCUT2D eigenvalue weighted by Crippen LogP contribution is 2.21. The quantitative estimate of drug-likeness (QED) is 0.869. The first-order valence-electron chi connectivity index (χ1n) is 5.39. The Hall–Kier alpha value is -1.89. The summed E-state index contributed by atoms with van der Waals surface area (Å²) in [5.74, 6) is -0.232. The first-order chi connectivity index (χ1) is 8.65. The number of fused-ring (bicyclic) bond motifs is 1. The zero-order valence-corrected chi connectivity index (χ0v) is 10.8. The number of anilines is 1. The van der Waals surface area contributed by atoms with Crippen LogP contribution in [0.4, 0.5) is 10.5 Å². The molecule has 3 rings (SSSR count). The minimum atomic E-state index is -0.380. The number of pyridine rings is 1. The standard InChI is InChI=1S/C11H9BrN4O2/c12-10-13-6-8-5-7(1-3-15(8)10)16-4-2-9(17)14-11(16)18/h1,3,5-6H,2,4H2,(H,14,17,18). The SMILES string of the molecule is O=C1CCN(c2ccn3c(Br)ncc3c2)C(=O)N1. The van der Waals surface area contributed by atoms with Crippen molar-refractivity contribution in [3.05, 3.63) is 29.3 Å². The molecule has 1 saturated heterocycles. The van der Waals surface area contributed by atoms with E-state index in [1.54, 1.807) is 11.1 Å². The summed E-state index contributed by atoms with van der Waals surface area (Å²) in [5.41, 5.74) is 1.63. The number of hydrogen-bond acceptors (Lipinski definition) is 3. The lowest BCUT2D eigenvalue weighted by molar-refractivity contribution is -0.120. The van der Waals surface area contributed by atoms with Gasteiger partial charge in [-0.2, -0.15) is 0 Å². The summed E-state index contributed by atoms with van der Waals surface area (Å²) in [6.45, 7) is 0.399. The van der Waals surface area contributed by atoms with E-state index in [0.717, 1.165) is 11.2 Å². The molecule has 1 fully saturated rings. The molecule has 92 valence electrons. The Balaban J connectivity index is 1.99. The first kappa shape index (κ1) is 11.2. The monoisotopic (exact) mass is 308 g/mol. The number of aromatic nitrogens is 2. The zero-order valence-electron chi connectivity index (χ0n) is 9.26. The molecule has 0 aliphatic carbocycles. The van der Waals surface area contributed by atoms with Gasteiger partial charge in [0.05, 0.1) is 11.7 Å². The molecule has 0 spiro atoms. The van der Waals surface area contributed by atoms with Crippen molar-refractivity contribution in [2.45, 2.75) is 6.42 Å². The van der Waals surface area contributed by atoms with Crippen molar-refractivity contribution in [1.29, 1.82) is 0 Å². The van der Waals surface area contributed by atoms with Crippen molar-refractivity contribution in [2.75, 3.05) is 11.4 Å². The second-order valence-corrected chi connectivity index (χ2v) is 4.67. The van der Waals surface area contributed by atoms with E-state index in [9.17, 15) is 9.59 Å². The highest BCUT2D eigenvalue weighted by atomic mass is 79.9. The molecule has 1 aliphatic rings. The lowest BCUT2D eigenvalue weighted by Crippen LogP contribution is -2.49. The molecule has 1 N–H and O–H groups in total. The number of imide groups is 1. The molecule has 0 unspecified atom stereocenters. The van der Waals surface area contributed by atoms with Crippen LogP contribution >= 0.6 is 15.9 Å². The van der Waals surface area contributed by atoms with E-state index in [4.69, 9.17) is 0 Å². The van der Waals surface area contributed by atoms with Gasteiger partial charge in [0.15, 0.2) is 4.73 Å². The molecule has 0 saturated carbocycles. The molecular weight excluding hydrogens is 300 g/mol. The molecule has 3 heterocycles. The van der Waals surface area contributed by atoms with E-state index >= 15 is 0 Å². The average molecular weight is 309 g/mol. The molecule has 0 atom stereocenters. The number of hydrogen-bond donors (Lipinski definition) is 1. The van der Waals surface area contributed by atoms with Gasteiger partial charge in [-0.15, -0.1) is 0 Å². The number of carbonyl (C=O) groups excluding carboxylic acids is 2. The highest BCUT2D eigenvalue weighted by molar-refractivity contribution is 9.10. The van der Waals surface area contributed by atoms with Crippen LogP contribution < -0.4 is 10.2 Å². The van der Waals surface area contributed by atoms with Gasteiger partial charge in [0.25, 0.3) is 0 Å². The smallest absolute Gasteiger partial charge is 0.294 e. The molecule has 0 radical (unpaired) electrons. The van der Waals surface area contributed by atoms with Crippen LogP contribution in [0.2, 0.25) is 0 Å². The maximum absolute atomic E-state index is 11.7. The van der Waals surface area contributed by atoms with E-state index in [0.29, 0.717) is 17.7 Å². The van der Waals surface area contributed by atoms with Crippen LogP contribution in [-0.2, 0) is 4.79 Å². The number of urea groups is 1. The Morgan fingerprint density at radius 3 is 3.00 bits per heavy atom. The normalized spacial score (nSPS) is 16.2. The predicted molar refractivity (Wildman–Crippen MR) is 68.4 cm³/mol. The molecule has 2 aromatic rings. The van der Waals surface area contributed by atoms with E-state index in [1.165, 1.54) is 0 Å². The van der Waals surface area contributed by atoms with Gasteiger partial charge in [-0.25, -0.2) is 9.78 Å². The molecule has 1 aliphatic heterocycles. The average Bonchev–Trinajstić information content (AvgIpc) is 2.71. The third-order valence-electron chi connectivity index (χ3n) is 2.84. The van der Waals surface area contributed by atoms with Gasteiger partial charge in [0.1, 0.15) is 0 Å². The summed E-state index contributed by atoms with van der Waals surface area (Å²) in [7, 11) is 0. The topological polar surface area (TPSA) is 66.7 Å². The van der Waals surface area contributed by atoms with Crippen molar-refractivity contribution >= 4 is 39.1 Å². The van der Waals surface area contributed by atoms with Crippen LogP contribution in [0.25, 0.3) is 5.52 Å². The van der Waals surface area contributed by atoms with E-state index in [2.05, 4.69) is 26.2 Å². The van der Waals surface area contributed by atoms with Crippen molar-refractivity contribution < 1.29 is 9.59 Å². The van der Waals surface area contributed by atoms with Crippen LogP contribution in [0, 0.1) is 0 Å². The summed E-state index contributed by atoms with van der Waals surface area (Å²) in [4.78, 5) is 28.5. The number of amides is 3. The second kappa shape index (κ2) is 4.09. The van der Waals surface area contributed by atoms with Crippen LogP contribution in [0.3, 0.4) is 0 Å². The Morgan fingerprint density at radius 1 is 1.39 bits per heavy atom. The maximum atomic E-state index is 11.7. The number of halogens is 1. The summed E-state index contributed by atoms with van der Waals surface area (Å²) >= 11 is 3.32. The van der Waals surface area contributed by atoms with Crippen LogP contribution in [-0.4, -0.2) is 27.9 Å². The van der Waals surface area contributed by atoms with Crippen molar-refractivity contribution in [1.82, 2.24) is 14.7 Å². The second-order valence-electron chi connectivity index (χ2n) is 3.96. The summed E-state index contributed by atoms with van der Waals surface area (Å²) in [6.07, 6.45) is 3.85. The third-order valence-corrected chi connectivity index (χ3v) is 3.42. The minimum absolute atomic E-state index is 0.232. The Labute approximate surface area is 111 Å². The molecule has 3 amide bonds. The van der Waals surface area contributed by atoms with Gasteiger partial charge in [-0.05, 0) is 28.1 Å². The summed E-state index contributed by atoms with van der Waals surface area (Å²) in [5, 5.41) is 2.30. The molecule has 2 aromatic heterocycles. The highest BCUT2D eigenvalue weighted by Gasteiger charge is 2.24. The number of nitrogens with zero attached hydrogens (tertiary/aromatic N) is 3. The summed E-state index contributed by atoms with van der Waals surface area (Å²) in [6, 6.07) is 3.29. The zero-order chi connectivity index (χ0) is 12.7. The molecule has 0 aromatic carbocycles. The van der Waals surface area contributed by atoms with Crippen LogP contribution in [0.15, 0.2) is 29.3 Å². The van der Waals surface area contributed by atoms with E-state index < -0.39 is 0 Å². The molecule has 18 heavy (non-hydrogen) atoms. The van der Waals surface area contributed by atoms with Crippen molar-refractivity contribution in [3.63, 3.8) is 0 Å². The fourth-order valence-electron chi connectivity index (χ4n) is 1.93. The third kappa shape index (κ3) is 1.76. The molecule has 0 bridgehead atoms. The fraction of sp³-hybridized carbons (Fsp3) is 0.182. The number of imidazole rings is 1. The fourth-order valence-corrected chi connectivity index (χ4v) is 2.36. The Morgan fingerprint density at radius 2 is 2.22 bits per heavy atom.